The van der Waals surface area contributed by atoms with E-state index in [1.807, 2.05) is 61.6 Å². The van der Waals surface area contributed by atoms with E-state index in [-0.39, 0.29) is 11.9 Å². The zero-order valence-electron chi connectivity index (χ0n) is 34.3. The molecule has 0 saturated carbocycles. The first-order valence-corrected chi connectivity index (χ1v) is 21.4. The average molecular weight is 799 g/mol. The average Bonchev–Trinajstić information content (AvgIpc) is 3.67. The number of aromatic nitrogens is 4. The normalized spacial score (nSPS) is 17.9. The number of nitrogens with one attached hydrogen (secondary N) is 1. The molecule has 59 heavy (non-hydrogen) atoms. The molecular formula is C46H58N10O3. The van der Waals surface area contributed by atoms with Crippen LogP contribution in [0, 0.1) is 5.92 Å². The van der Waals surface area contributed by atoms with Crippen molar-refractivity contribution in [2.75, 3.05) is 83.1 Å². The van der Waals surface area contributed by atoms with E-state index in [2.05, 4.69) is 63.8 Å². The van der Waals surface area contributed by atoms with Crippen molar-refractivity contribution in [3.8, 4) is 22.8 Å². The van der Waals surface area contributed by atoms with Gasteiger partial charge < -0.3 is 30.1 Å². The number of anilines is 2. The molecule has 3 aliphatic rings. The predicted octanol–water partition coefficient (Wildman–Crippen LogP) is 6.20. The van der Waals surface area contributed by atoms with Crippen LogP contribution in [-0.2, 0) is 9.59 Å². The minimum atomic E-state index is -0.252. The van der Waals surface area contributed by atoms with E-state index >= 15 is 0 Å². The van der Waals surface area contributed by atoms with Crippen molar-refractivity contribution in [2.45, 2.75) is 56.9 Å². The number of fused-ring (bicyclic) bond motifs is 1. The van der Waals surface area contributed by atoms with Crippen LogP contribution in [0.4, 0.5) is 11.5 Å². The van der Waals surface area contributed by atoms with Gasteiger partial charge in [0.2, 0.25) is 12.3 Å². The maximum atomic E-state index is 11.6. The molecule has 3 aromatic carbocycles. The highest BCUT2D eigenvalue weighted by Crippen LogP contribution is 2.36. The number of hydrogen-bond donors (Lipinski definition) is 2. The highest BCUT2D eigenvalue weighted by Gasteiger charge is 2.28. The number of imide groups is 1. The topological polar surface area (TPSA) is 138 Å². The third kappa shape index (κ3) is 10.1. The van der Waals surface area contributed by atoms with Gasteiger partial charge in [0.25, 0.3) is 0 Å². The van der Waals surface area contributed by atoms with Crippen molar-refractivity contribution in [1.82, 2.24) is 39.8 Å². The molecule has 310 valence electrons. The smallest absolute Gasteiger partial charge is 0.228 e. The molecule has 0 spiro atoms. The Morgan fingerprint density at radius 2 is 1.46 bits per heavy atom. The Labute approximate surface area is 347 Å². The number of benzene rings is 3. The lowest BCUT2D eigenvalue weighted by atomic mass is 9.88. The number of nitrogen functional groups attached to an aromatic ring is 1. The van der Waals surface area contributed by atoms with Gasteiger partial charge in [-0.1, -0.05) is 30.3 Å². The van der Waals surface area contributed by atoms with Gasteiger partial charge >= 0.3 is 0 Å². The molecule has 3 aliphatic heterocycles. The fourth-order valence-electron chi connectivity index (χ4n) is 9.17. The fraction of sp³-hybridized carbons (Fsp3) is 0.457. The third-order valence-corrected chi connectivity index (χ3v) is 12.8. The number of rotatable bonds is 15. The Balaban J connectivity index is 0.753. The molecule has 13 nitrogen and oxygen atoms in total. The van der Waals surface area contributed by atoms with Gasteiger partial charge in [0.15, 0.2) is 5.65 Å². The van der Waals surface area contributed by atoms with Crippen LogP contribution in [-0.4, -0.2) is 119 Å². The van der Waals surface area contributed by atoms with E-state index in [0.717, 1.165) is 84.4 Å². The first kappa shape index (κ1) is 40.4. The maximum absolute atomic E-state index is 11.6. The number of amides is 2. The highest BCUT2D eigenvalue weighted by molar-refractivity contribution is 5.98. The summed E-state index contributed by atoms with van der Waals surface area (Å²) in [6, 6.07) is 26.9. The highest BCUT2D eigenvalue weighted by atomic mass is 16.5. The van der Waals surface area contributed by atoms with Crippen LogP contribution in [0.25, 0.3) is 22.3 Å². The lowest BCUT2D eigenvalue weighted by Crippen LogP contribution is -2.44. The number of para-hydroxylation sites is 1. The summed E-state index contributed by atoms with van der Waals surface area (Å²) < 4.78 is 8.12. The largest absolute Gasteiger partial charge is 0.457 e. The van der Waals surface area contributed by atoms with Gasteiger partial charge in [-0.25, -0.2) is 14.6 Å². The van der Waals surface area contributed by atoms with Crippen molar-refractivity contribution in [2.24, 2.45) is 5.92 Å². The van der Waals surface area contributed by atoms with E-state index < -0.39 is 0 Å². The molecule has 3 saturated heterocycles. The van der Waals surface area contributed by atoms with Crippen molar-refractivity contribution in [1.29, 1.82) is 0 Å². The molecule has 0 atom stereocenters. The van der Waals surface area contributed by atoms with Gasteiger partial charge in [-0.05, 0) is 131 Å². The van der Waals surface area contributed by atoms with Crippen LogP contribution in [0.2, 0.25) is 0 Å². The van der Waals surface area contributed by atoms with Crippen LogP contribution >= 0.6 is 0 Å². The molecule has 0 radical (unpaired) electrons. The van der Waals surface area contributed by atoms with Crippen molar-refractivity contribution < 1.29 is 14.3 Å². The fourth-order valence-corrected chi connectivity index (χ4v) is 9.17. The second kappa shape index (κ2) is 19.1. The molecule has 5 aromatic rings. The third-order valence-electron chi connectivity index (χ3n) is 12.8. The van der Waals surface area contributed by atoms with Crippen molar-refractivity contribution in [3.63, 3.8) is 0 Å². The minimum absolute atomic E-state index is 0.252. The Hall–Kier alpha value is -5.37. The monoisotopic (exact) mass is 798 g/mol. The molecule has 8 rings (SSSR count). The van der Waals surface area contributed by atoms with E-state index in [1.54, 1.807) is 6.33 Å². The second-order valence-corrected chi connectivity index (χ2v) is 16.6. The van der Waals surface area contributed by atoms with Crippen LogP contribution in [0.15, 0.2) is 85.2 Å². The van der Waals surface area contributed by atoms with Gasteiger partial charge in [0.1, 0.15) is 29.3 Å². The van der Waals surface area contributed by atoms with Gasteiger partial charge in [-0.2, -0.15) is 5.10 Å². The summed E-state index contributed by atoms with van der Waals surface area (Å²) in [7, 11) is 1.98. The zero-order chi connectivity index (χ0) is 40.6. The summed E-state index contributed by atoms with van der Waals surface area (Å²) in [4.78, 5) is 41.2. The number of likely N-dealkylation sites (tertiary alicyclic amines) is 3. The Morgan fingerprint density at radius 3 is 2.14 bits per heavy atom. The van der Waals surface area contributed by atoms with Gasteiger partial charge in [0, 0.05) is 64.0 Å². The van der Waals surface area contributed by atoms with Crippen molar-refractivity contribution in [3.05, 3.63) is 90.8 Å². The Bertz CT molecular complexity index is 2120. The first-order valence-electron chi connectivity index (χ1n) is 21.4. The van der Waals surface area contributed by atoms with Gasteiger partial charge in [0.05, 0.1) is 11.4 Å². The molecule has 0 aliphatic carbocycles. The van der Waals surface area contributed by atoms with Crippen LogP contribution in [0.1, 0.15) is 62.5 Å². The van der Waals surface area contributed by atoms with Gasteiger partial charge in [-0.3, -0.25) is 14.9 Å². The van der Waals surface area contributed by atoms with E-state index in [0.29, 0.717) is 31.1 Å². The summed E-state index contributed by atoms with van der Waals surface area (Å²) in [5, 5.41) is 8.15. The number of nitrogens with two attached hydrogens (primary N) is 1. The summed E-state index contributed by atoms with van der Waals surface area (Å²) in [5.74, 6) is 3.15. The molecule has 5 heterocycles. The molecule has 0 unspecified atom stereocenters. The Morgan fingerprint density at radius 1 is 0.814 bits per heavy atom. The minimum Gasteiger partial charge on any atom is -0.457 e. The predicted molar refractivity (Wildman–Crippen MR) is 233 cm³/mol. The summed E-state index contributed by atoms with van der Waals surface area (Å²) >= 11 is 0. The number of carbonyl (C=O) groups excluding carboxylic acids is 2. The van der Waals surface area contributed by atoms with E-state index in [4.69, 9.17) is 15.6 Å². The molecule has 0 bridgehead atoms. The van der Waals surface area contributed by atoms with Crippen LogP contribution < -0.4 is 20.7 Å². The molecule has 3 N–H and O–H groups in total. The van der Waals surface area contributed by atoms with E-state index in [9.17, 15) is 9.59 Å². The van der Waals surface area contributed by atoms with Crippen LogP contribution in [0.5, 0.6) is 11.5 Å². The second-order valence-electron chi connectivity index (χ2n) is 16.6. The number of ether oxygens (including phenoxy) is 1. The molecular weight excluding hydrogens is 741 g/mol. The van der Waals surface area contributed by atoms with Crippen molar-refractivity contribution >= 4 is 34.9 Å². The zero-order valence-corrected chi connectivity index (χ0v) is 34.3. The maximum Gasteiger partial charge on any atom is 0.228 e. The summed E-state index contributed by atoms with van der Waals surface area (Å²) in [6.07, 6.45) is 9.32. The lowest BCUT2D eigenvalue weighted by Gasteiger charge is -2.39. The Kier molecular flexibility index (Phi) is 13.1. The SMILES string of the molecule is CN(CCC(=O)NC=O)c1ccc(C2CCN(CC3CCN(CCN4CCC(n5nc(-c6ccc(Oc7ccccc7)cc6)c6c(N)ncnc65)CC4)CC3)CC2)cc1. The number of piperidine rings is 3. The molecule has 2 aromatic heterocycles. The van der Waals surface area contributed by atoms with Gasteiger partial charge in [-0.15, -0.1) is 0 Å². The quantitative estimate of drug-likeness (QED) is 0.117. The number of hydrogen-bond acceptors (Lipinski definition) is 11. The lowest BCUT2D eigenvalue weighted by molar-refractivity contribution is -0.125. The van der Waals surface area contributed by atoms with Crippen LogP contribution in [0.3, 0.4) is 0 Å². The first-order chi connectivity index (χ1) is 28.9. The molecule has 2 amide bonds. The van der Waals surface area contributed by atoms with E-state index in [1.165, 1.54) is 64.0 Å². The summed E-state index contributed by atoms with van der Waals surface area (Å²) in [6.45, 7) is 10.9. The molecule has 13 heteroatoms. The standard InChI is InChI=1S/C46H58N10O3/c1-52(22-21-42(58)50-33-57)38-11-7-35(8-12-38)36-17-25-55(26-18-36)31-34-15-23-53(24-16-34)29-30-54-27-19-39(20-28-54)56-46-43(45(47)48-32-49-46)44(51-56)37-9-13-41(14-10-37)59-40-5-3-2-4-6-40/h2-14,32-34,36,39H,15-31H2,1H3,(H2,47,48,49)(H,50,57,58). The number of carbonyl (C=O) groups is 2. The molecule has 3 fully saturated rings. The summed E-state index contributed by atoms with van der Waals surface area (Å²) in [5.41, 5.74) is 11.5. The number of nitrogens with zero attached hydrogens (tertiary/aromatic N) is 8.